The Morgan fingerprint density at radius 1 is 1.00 bits per heavy atom. The highest BCUT2D eigenvalue weighted by atomic mass is 35.5. The third-order valence-electron chi connectivity index (χ3n) is 3.04. The molecule has 0 aliphatic rings. The van der Waals surface area contributed by atoms with Crippen molar-refractivity contribution in [1.82, 2.24) is 0 Å². The molecule has 0 spiro atoms. The Balaban J connectivity index is 2.07. The Kier molecular flexibility index (Phi) is 3.70. The Morgan fingerprint density at radius 3 is 2.41 bits per heavy atom. The van der Waals surface area contributed by atoms with Crippen molar-refractivity contribution in [3.8, 4) is 0 Å². The molecular formula is C15H16ClN. The monoisotopic (exact) mass is 245 g/mol. The predicted molar refractivity (Wildman–Crippen MR) is 74.7 cm³/mol. The summed E-state index contributed by atoms with van der Waals surface area (Å²) in [6, 6.07) is 14.2. The summed E-state index contributed by atoms with van der Waals surface area (Å²) in [7, 11) is 0. The summed E-state index contributed by atoms with van der Waals surface area (Å²) in [5.41, 5.74) is 5.12. The summed E-state index contributed by atoms with van der Waals surface area (Å²) in [6.07, 6.45) is 0. The summed E-state index contributed by atoms with van der Waals surface area (Å²) in [4.78, 5) is 0. The first kappa shape index (κ1) is 12.0. The molecule has 0 aliphatic carbocycles. The topological polar surface area (TPSA) is 12.0 Å². The quantitative estimate of drug-likeness (QED) is 0.835. The molecule has 0 saturated heterocycles. The van der Waals surface area contributed by atoms with Gasteiger partial charge in [-0.25, -0.2) is 0 Å². The van der Waals surface area contributed by atoms with Crippen LogP contribution in [0.3, 0.4) is 0 Å². The summed E-state index contributed by atoms with van der Waals surface area (Å²) < 4.78 is 0. The molecule has 0 amide bonds. The first-order valence-corrected chi connectivity index (χ1v) is 6.09. The molecule has 2 rings (SSSR count). The zero-order valence-electron chi connectivity index (χ0n) is 10.1. The van der Waals surface area contributed by atoms with Crippen molar-refractivity contribution >= 4 is 17.3 Å². The minimum Gasteiger partial charge on any atom is -0.381 e. The van der Waals surface area contributed by atoms with E-state index >= 15 is 0 Å². The molecular weight excluding hydrogens is 230 g/mol. The Morgan fingerprint density at radius 2 is 1.71 bits per heavy atom. The molecule has 0 atom stereocenters. The maximum Gasteiger partial charge on any atom is 0.0407 e. The smallest absolute Gasteiger partial charge is 0.0407 e. The molecule has 0 bridgehead atoms. The van der Waals surface area contributed by atoms with Crippen molar-refractivity contribution in [3.63, 3.8) is 0 Å². The largest absolute Gasteiger partial charge is 0.381 e. The van der Waals surface area contributed by atoms with Gasteiger partial charge in [0, 0.05) is 17.3 Å². The maximum absolute atomic E-state index is 5.85. The van der Waals surface area contributed by atoms with E-state index in [1.165, 1.54) is 16.7 Å². The Bertz CT molecular complexity index is 503. The van der Waals surface area contributed by atoms with E-state index in [0.29, 0.717) is 0 Å². The second-order valence-corrected chi connectivity index (χ2v) is 4.66. The van der Waals surface area contributed by atoms with Gasteiger partial charge in [0.2, 0.25) is 0 Å². The molecule has 0 aromatic heterocycles. The molecule has 0 heterocycles. The first-order valence-electron chi connectivity index (χ1n) is 5.71. The minimum atomic E-state index is 0.766. The third-order valence-corrected chi connectivity index (χ3v) is 3.30. The van der Waals surface area contributed by atoms with E-state index in [1.807, 2.05) is 24.3 Å². The fourth-order valence-electron chi connectivity index (χ4n) is 1.77. The van der Waals surface area contributed by atoms with Crippen molar-refractivity contribution < 1.29 is 0 Å². The molecule has 88 valence electrons. The Hall–Kier alpha value is -1.47. The summed E-state index contributed by atoms with van der Waals surface area (Å²) in [6.45, 7) is 5.14. The molecule has 0 aliphatic heterocycles. The van der Waals surface area contributed by atoms with Crippen LogP contribution >= 0.6 is 11.6 Å². The lowest BCUT2D eigenvalue weighted by molar-refractivity contribution is 1.10. The highest BCUT2D eigenvalue weighted by molar-refractivity contribution is 6.30. The molecule has 0 saturated carbocycles. The van der Waals surface area contributed by atoms with Gasteiger partial charge in [0.15, 0.2) is 0 Å². The van der Waals surface area contributed by atoms with Crippen LogP contribution < -0.4 is 5.32 Å². The fraction of sp³-hybridized carbons (Fsp3) is 0.200. The van der Waals surface area contributed by atoms with E-state index in [2.05, 4.69) is 37.4 Å². The van der Waals surface area contributed by atoms with Gasteiger partial charge in [-0.1, -0.05) is 29.8 Å². The van der Waals surface area contributed by atoms with E-state index in [1.54, 1.807) is 0 Å². The lowest BCUT2D eigenvalue weighted by Gasteiger charge is -2.10. The van der Waals surface area contributed by atoms with Crippen LogP contribution in [0.4, 0.5) is 5.69 Å². The van der Waals surface area contributed by atoms with E-state index in [4.69, 9.17) is 11.6 Å². The van der Waals surface area contributed by atoms with Crippen LogP contribution in [-0.2, 0) is 6.54 Å². The van der Waals surface area contributed by atoms with Crippen molar-refractivity contribution in [2.24, 2.45) is 0 Å². The van der Waals surface area contributed by atoms with Crippen LogP contribution in [0.5, 0.6) is 0 Å². The number of anilines is 1. The number of rotatable bonds is 3. The van der Waals surface area contributed by atoms with Gasteiger partial charge in [0.05, 0.1) is 0 Å². The van der Waals surface area contributed by atoms with Crippen LogP contribution in [-0.4, -0.2) is 0 Å². The van der Waals surface area contributed by atoms with Crippen LogP contribution in [0, 0.1) is 13.8 Å². The molecule has 2 aromatic carbocycles. The summed E-state index contributed by atoms with van der Waals surface area (Å²) in [5, 5.41) is 4.16. The maximum atomic E-state index is 5.85. The van der Waals surface area contributed by atoms with Gasteiger partial charge in [0.25, 0.3) is 0 Å². The second-order valence-electron chi connectivity index (χ2n) is 4.22. The summed E-state index contributed by atoms with van der Waals surface area (Å²) in [5.74, 6) is 0. The van der Waals surface area contributed by atoms with E-state index in [9.17, 15) is 0 Å². The average Bonchev–Trinajstić information content (AvgIpc) is 2.33. The molecule has 1 nitrogen and oxygen atoms in total. The first-order chi connectivity index (χ1) is 8.16. The molecule has 2 aromatic rings. The van der Waals surface area contributed by atoms with Crippen molar-refractivity contribution in [2.45, 2.75) is 20.4 Å². The zero-order chi connectivity index (χ0) is 12.3. The number of hydrogen-bond acceptors (Lipinski definition) is 1. The van der Waals surface area contributed by atoms with E-state index < -0.39 is 0 Å². The van der Waals surface area contributed by atoms with Crippen molar-refractivity contribution in [3.05, 3.63) is 64.2 Å². The van der Waals surface area contributed by atoms with Crippen LogP contribution in [0.1, 0.15) is 16.7 Å². The van der Waals surface area contributed by atoms with E-state index in [0.717, 1.165) is 17.3 Å². The predicted octanol–water partition coefficient (Wildman–Crippen LogP) is 4.57. The third kappa shape index (κ3) is 3.01. The summed E-state index contributed by atoms with van der Waals surface area (Å²) >= 11 is 5.85. The van der Waals surface area contributed by atoms with Gasteiger partial charge in [-0.15, -0.1) is 0 Å². The SMILES string of the molecule is Cc1cccc(CNc2ccc(Cl)cc2)c1C. The molecule has 0 radical (unpaired) electrons. The molecule has 0 unspecified atom stereocenters. The standard InChI is InChI=1S/C15H16ClN/c1-11-4-3-5-13(12(11)2)10-17-15-8-6-14(16)7-9-15/h3-9,17H,10H2,1-2H3. The van der Waals surface area contributed by atoms with Gasteiger partial charge in [-0.3, -0.25) is 0 Å². The second kappa shape index (κ2) is 5.24. The lowest BCUT2D eigenvalue weighted by atomic mass is 10.0. The molecule has 1 N–H and O–H groups in total. The number of aryl methyl sites for hydroxylation is 1. The minimum absolute atomic E-state index is 0.766. The van der Waals surface area contributed by atoms with Crippen LogP contribution in [0.25, 0.3) is 0 Å². The van der Waals surface area contributed by atoms with Gasteiger partial charge in [-0.05, 0) is 54.8 Å². The average molecular weight is 246 g/mol. The van der Waals surface area contributed by atoms with Crippen LogP contribution in [0.15, 0.2) is 42.5 Å². The number of nitrogens with one attached hydrogen (secondary N) is 1. The van der Waals surface area contributed by atoms with Crippen LogP contribution in [0.2, 0.25) is 5.02 Å². The van der Waals surface area contributed by atoms with Gasteiger partial charge in [0.1, 0.15) is 0 Å². The highest BCUT2D eigenvalue weighted by Crippen LogP contribution is 2.17. The number of hydrogen-bond donors (Lipinski definition) is 1. The van der Waals surface area contributed by atoms with Gasteiger partial charge in [-0.2, -0.15) is 0 Å². The van der Waals surface area contributed by atoms with Crippen molar-refractivity contribution in [1.29, 1.82) is 0 Å². The van der Waals surface area contributed by atoms with Gasteiger partial charge >= 0.3 is 0 Å². The van der Waals surface area contributed by atoms with Gasteiger partial charge < -0.3 is 5.32 Å². The van der Waals surface area contributed by atoms with Crippen molar-refractivity contribution in [2.75, 3.05) is 5.32 Å². The Labute approximate surface area is 107 Å². The number of halogens is 1. The normalized spacial score (nSPS) is 10.3. The fourth-order valence-corrected chi connectivity index (χ4v) is 1.89. The molecule has 0 fully saturated rings. The highest BCUT2D eigenvalue weighted by Gasteiger charge is 2.00. The molecule has 17 heavy (non-hydrogen) atoms. The lowest BCUT2D eigenvalue weighted by Crippen LogP contribution is -2.01. The number of benzene rings is 2. The van der Waals surface area contributed by atoms with E-state index in [-0.39, 0.29) is 0 Å². The zero-order valence-corrected chi connectivity index (χ0v) is 10.9. The molecule has 2 heteroatoms.